The number of guanidine groups is 1. The van der Waals surface area contributed by atoms with Crippen molar-refractivity contribution in [2.75, 3.05) is 51.8 Å². The number of unbranched alkanes of at least 4 members (excludes halogenated alkanes) is 2. The molecule has 0 atom stereocenters. The Balaban J connectivity index is 1.92. The molecule has 0 saturated carbocycles. The molecule has 1 heterocycles. The zero-order chi connectivity index (χ0) is 14.5. The van der Waals surface area contributed by atoms with Gasteiger partial charge in [0.1, 0.15) is 0 Å². The maximum atomic E-state index is 4.26. The van der Waals surface area contributed by atoms with Crippen LogP contribution in [0.4, 0.5) is 0 Å². The molecule has 2 N–H and O–H groups in total. The summed E-state index contributed by atoms with van der Waals surface area (Å²) in [6.45, 7) is 5.94. The second kappa shape index (κ2) is 12.3. The Morgan fingerprint density at radius 3 is 2.30 bits per heavy atom. The highest BCUT2D eigenvalue weighted by Gasteiger charge is 2.09. The first-order valence-corrected chi connectivity index (χ1v) is 9.42. The number of nitrogens with one attached hydrogen (secondary N) is 2. The Kier molecular flexibility index (Phi) is 10.9. The molecule has 0 radical (unpaired) electrons. The summed E-state index contributed by atoms with van der Waals surface area (Å²) in [5.74, 6) is 2.21. The van der Waals surface area contributed by atoms with E-state index in [1.54, 1.807) is 0 Å². The quantitative estimate of drug-likeness (QED) is 0.368. The Morgan fingerprint density at radius 2 is 1.70 bits per heavy atom. The summed E-state index contributed by atoms with van der Waals surface area (Å²) >= 11 is 1.92. The molecule has 1 rings (SSSR count). The predicted molar refractivity (Wildman–Crippen MR) is 91.9 cm³/mol. The van der Waals surface area contributed by atoms with E-state index in [1.165, 1.54) is 63.9 Å². The van der Waals surface area contributed by atoms with Gasteiger partial charge >= 0.3 is 0 Å². The van der Waals surface area contributed by atoms with Crippen molar-refractivity contribution in [3.8, 4) is 0 Å². The molecular weight excluding hydrogens is 268 g/mol. The molecular formula is C15H32N4S. The molecule has 1 aliphatic heterocycles. The monoisotopic (exact) mass is 300 g/mol. The van der Waals surface area contributed by atoms with Gasteiger partial charge in [-0.2, -0.15) is 11.8 Å². The third kappa shape index (κ3) is 8.69. The van der Waals surface area contributed by atoms with E-state index < -0.39 is 0 Å². The second-order valence-electron chi connectivity index (χ2n) is 5.38. The van der Waals surface area contributed by atoms with Crippen LogP contribution in [-0.2, 0) is 0 Å². The largest absolute Gasteiger partial charge is 0.356 e. The highest BCUT2D eigenvalue weighted by molar-refractivity contribution is 7.98. The highest BCUT2D eigenvalue weighted by Crippen LogP contribution is 2.07. The Morgan fingerprint density at radius 1 is 1.05 bits per heavy atom. The lowest BCUT2D eigenvalue weighted by molar-refractivity contribution is 0.330. The molecule has 1 saturated heterocycles. The van der Waals surface area contributed by atoms with Crippen molar-refractivity contribution in [1.82, 2.24) is 15.5 Å². The molecule has 0 aliphatic carbocycles. The molecule has 0 bridgehead atoms. The lowest BCUT2D eigenvalue weighted by Crippen LogP contribution is -2.38. The van der Waals surface area contributed by atoms with Crippen LogP contribution in [0.3, 0.4) is 0 Å². The normalized spacial score (nSPS) is 16.6. The van der Waals surface area contributed by atoms with Crippen LogP contribution < -0.4 is 10.6 Å². The van der Waals surface area contributed by atoms with E-state index in [0.717, 1.165) is 19.0 Å². The van der Waals surface area contributed by atoms with Gasteiger partial charge in [-0.15, -0.1) is 0 Å². The zero-order valence-electron chi connectivity index (χ0n) is 13.3. The molecule has 0 aromatic carbocycles. The molecule has 0 unspecified atom stereocenters. The Labute approximate surface area is 129 Å². The predicted octanol–water partition coefficient (Wildman–Crippen LogP) is 2.17. The van der Waals surface area contributed by atoms with E-state index in [0.29, 0.717) is 0 Å². The molecule has 1 fully saturated rings. The summed E-state index contributed by atoms with van der Waals surface area (Å²) < 4.78 is 0. The standard InChI is InChI=1S/C15H32N4S/c1-16-15(18-10-4-8-14-20-2)17-9-3-5-11-19-12-6-7-13-19/h3-14H2,1-2H3,(H2,16,17,18). The van der Waals surface area contributed by atoms with Crippen molar-refractivity contribution in [3.05, 3.63) is 0 Å². The minimum absolute atomic E-state index is 0.954. The van der Waals surface area contributed by atoms with Crippen LogP contribution in [0.25, 0.3) is 0 Å². The first-order chi connectivity index (χ1) is 9.86. The summed E-state index contributed by atoms with van der Waals surface area (Å²) in [6, 6.07) is 0. The number of hydrogen-bond acceptors (Lipinski definition) is 3. The lowest BCUT2D eigenvalue weighted by Gasteiger charge is -2.15. The number of hydrogen-bond donors (Lipinski definition) is 2. The minimum atomic E-state index is 0.954. The summed E-state index contributed by atoms with van der Waals surface area (Å²) in [6.07, 6.45) is 9.96. The average Bonchev–Trinajstić information content (AvgIpc) is 2.97. The number of thioether (sulfide) groups is 1. The van der Waals surface area contributed by atoms with Crippen molar-refractivity contribution in [1.29, 1.82) is 0 Å². The first kappa shape index (κ1) is 17.6. The molecule has 0 aromatic heterocycles. The Bertz CT molecular complexity index is 252. The summed E-state index contributed by atoms with van der Waals surface area (Å²) in [5.41, 5.74) is 0. The van der Waals surface area contributed by atoms with Gasteiger partial charge in [0, 0.05) is 20.1 Å². The third-order valence-corrected chi connectivity index (χ3v) is 4.38. The van der Waals surface area contributed by atoms with Gasteiger partial charge in [0.05, 0.1) is 0 Å². The van der Waals surface area contributed by atoms with E-state index in [4.69, 9.17) is 0 Å². The van der Waals surface area contributed by atoms with Gasteiger partial charge in [0.2, 0.25) is 0 Å². The van der Waals surface area contributed by atoms with Crippen LogP contribution in [0.15, 0.2) is 4.99 Å². The van der Waals surface area contributed by atoms with Crippen LogP contribution in [-0.4, -0.2) is 62.6 Å². The summed E-state index contributed by atoms with van der Waals surface area (Å²) in [4.78, 5) is 6.84. The van der Waals surface area contributed by atoms with E-state index in [1.807, 2.05) is 18.8 Å². The van der Waals surface area contributed by atoms with E-state index in [2.05, 4.69) is 26.8 Å². The van der Waals surface area contributed by atoms with Gasteiger partial charge in [0.25, 0.3) is 0 Å². The molecule has 1 aliphatic rings. The van der Waals surface area contributed by atoms with Crippen LogP contribution in [0.2, 0.25) is 0 Å². The van der Waals surface area contributed by atoms with Gasteiger partial charge in [-0.05, 0) is 70.2 Å². The summed E-state index contributed by atoms with van der Waals surface area (Å²) in [7, 11) is 1.85. The molecule has 5 heteroatoms. The third-order valence-electron chi connectivity index (χ3n) is 3.68. The average molecular weight is 301 g/mol. The molecule has 0 aromatic rings. The van der Waals surface area contributed by atoms with Gasteiger partial charge in [-0.3, -0.25) is 4.99 Å². The van der Waals surface area contributed by atoms with E-state index in [-0.39, 0.29) is 0 Å². The first-order valence-electron chi connectivity index (χ1n) is 8.02. The molecule has 0 spiro atoms. The fraction of sp³-hybridized carbons (Fsp3) is 0.933. The van der Waals surface area contributed by atoms with Gasteiger partial charge in [0.15, 0.2) is 5.96 Å². The van der Waals surface area contributed by atoms with Gasteiger partial charge in [-0.25, -0.2) is 0 Å². The number of likely N-dealkylation sites (tertiary alicyclic amines) is 1. The van der Waals surface area contributed by atoms with E-state index in [9.17, 15) is 0 Å². The van der Waals surface area contributed by atoms with Gasteiger partial charge < -0.3 is 15.5 Å². The van der Waals surface area contributed by atoms with Crippen molar-refractivity contribution in [2.24, 2.45) is 4.99 Å². The van der Waals surface area contributed by atoms with Crippen LogP contribution in [0, 0.1) is 0 Å². The van der Waals surface area contributed by atoms with Crippen molar-refractivity contribution in [3.63, 3.8) is 0 Å². The van der Waals surface area contributed by atoms with Crippen LogP contribution >= 0.6 is 11.8 Å². The fourth-order valence-corrected chi connectivity index (χ4v) is 2.97. The minimum Gasteiger partial charge on any atom is -0.356 e. The van der Waals surface area contributed by atoms with Gasteiger partial charge in [-0.1, -0.05) is 0 Å². The van der Waals surface area contributed by atoms with E-state index >= 15 is 0 Å². The van der Waals surface area contributed by atoms with Crippen molar-refractivity contribution >= 4 is 17.7 Å². The summed E-state index contributed by atoms with van der Waals surface area (Å²) in [5, 5.41) is 6.78. The highest BCUT2D eigenvalue weighted by atomic mass is 32.2. The topological polar surface area (TPSA) is 39.7 Å². The molecule has 20 heavy (non-hydrogen) atoms. The second-order valence-corrected chi connectivity index (χ2v) is 6.37. The molecule has 118 valence electrons. The lowest BCUT2D eigenvalue weighted by atomic mass is 10.3. The van der Waals surface area contributed by atoms with Crippen molar-refractivity contribution in [2.45, 2.75) is 38.5 Å². The SMILES string of the molecule is CN=C(NCCCCSC)NCCCCN1CCCC1. The number of rotatable bonds is 10. The zero-order valence-corrected chi connectivity index (χ0v) is 14.1. The van der Waals surface area contributed by atoms with Crippen molar-refractivity contribution < 1.29 is 0 Å². The Hall–Kier alpha value is -0.420. The fourth-order valence-electron chi connectivity index (χ4n) is 2.47. The maximum Gasteiger partial charge on any atom is 0.190 e. The number of nitrogens with zero attached hydrogens (tertiary/aromatic N) is 2. The van der Waals surface area contributed by atoms with Crippen LogP contribution in [0.5, 0.6) is 0 Å². The smallest absolute Gasteiger partial charge is 0.190 e. The number of aliphatic imine (C=N–C) groups is 1. The molecule has 4 nitrogen and oxygen atoms in total. The maximum absolute atomic E-state index is 4.26. The molecule has 0 amide bonds. The van der Waals surface area contributed by atoms with Crippen LogP contribution in [0.1, 0.15) is 38.5 Å².